The van der Waals surface area contributed by atoms with Crippen molar-refractivity contribution in [3.8, 4) is 17.2 Å². The van der Waals surface area contributed by atoms with Gasteiger partial charge in [0.1, 0.15) is 18.2 Å². The van der Waals surface area contributed by atoms with Gasteiger partial charge >= 0.3 is 6.18 Å². The summed E-state index contributed by atoms with van der Waals surface area (Å²) in [6, 6.07) is 7.18. The molecule has 2 aromatic carbocycles. The van der Waals surface area contributed by atoms with Gasteiger partial charge in [0, 0.05) is 6.07 Å². The summed E-state index contributed by atoms with van der Waals surface area (Å²) in [6.45, 7) is -0.803. The summed E-state index contributed by atoms with van der Waals surface area (Å²) in [5, 5.41) is 29.9. The van der Waals surface area contributed by atoms with Crippen LogP contribution in [0.2, 0.25) is 5.02 Å². The van der Waals surface area contributed by atoms with Gasteiger partial charge in [-0.1, -0.05) is 23.7 Å². The van der Waals surface area contributed by atoms with E-state index in [0.717, 1.165) is 6.07 Å². The number of carboxylic acids is 1. The lowest BCUT2D eigenvalue weighted by Gasteiger charge is -2.23. The highest BCUT2D eigenvalue weighted by atomic mass is 35.5. The van der Waals surface area contributed by atoms with Crippen LogP contribution in [0.4, 0.5) is 23.2 Å². The summed E-state index contributed by atoms with van der Waals surface area (Å²) in [5.41, 5.74) is -0.671. The van der Waals surface area contributed by atoms with Gasteiger partial charge in [-0.15, -0.1) is 0 Å². The zero-order valence-electron chi connectivity index (χ0n) is 15.2. The van der Waals surface area contributed by atoms with Crippen LogP contribution in [0.3, 0.4) is 0 Å². The number of carbonyl (C=O) groups is 2. The number of amides is 1. The first-order valence-corrected chi connectivity index (χ1v) is 8.58. The summed E-state index contributed by atoms with van der Waals surface area (Å²) < 4.78 is 61.9. The number of aliphatic carboxylic acids is 1. The monoisotopic (exact) mass is 466 g/mol. The molecular weight excluding hydrogens is 454 g/mol. The van der Waals surface area contributed by atoms with Crippen LogP contribution in [0.25, 0.3) is 0 Å². The number of para-hydroxylation sites is 2. The summed E-state index contributed by atoms with van der Waals surface area (Å²) in [7, 11) is 0. The van der Waals surface area contributed by atoms with E-state index in [0.29, 0.717) is 6.07 Å². The highest BCUT2D eigenvalue weighted by Crippen LogP contribution is 2.38. The lowest BCUT2D eigenvalue weighted by atomic mass is 10.1. The Hall–Kier alpha value is -3.09. The molecule has 0 aromatic heterocycles. The molecule has 0 spiro atoms. The molecule has 0 bridgehead atoms. The van der Waals surface area contributed by atoms with Crippen LogP contribution in [0.1, 0.15) is 6.42 Å². The first-order valence-electron chi connectivity index (χ1n) is 8.20. The van der Waals surface area contributed by atoms with E-state index in [4.69, 9.17) is 31.3 Å². The number of nitrogens with one attached hydrogen (secondary N) is 1. The summed E-state index contributed by atoms with van der Waals surface area (Å²) in [4.78, 5) is 22.3. The van der Waals surface area contributed by atoms with Crippen molar-refractivity contribution in [2.24, 2.45) is 0 Å². The number of benzene rings is 2. The maximum absolute atomic E-state index is 14.1. The minimum absolute atomic E-state index is 0.0480. The first-order chi connectivity index (χ1) is 14.3. The largest absolute Gasteiger partial charge is 0.546 e. The fraction of sp³-hybridized carbons (Fsp3) is 0.222. The third-order valence-corrected chi connectivity index (χ3v) is 3.87. The molecule has 3 N–H and O–H groups in total. The van der Waals surface area contributed by atoms with Gasteiger partial charge in [0.05, 0.1) is 23.1 Å². The van der Waals surface area contributed by atoms with Crippen molar-refractivity contribution in [3.05, 3.63) is 47.2 Å². The Morgan fingerprint density at radius 2 is 1.71 bits per heavy atom. The molecule has 0 aliphatic rings. The molecule has 0 saturated heterocycles. The van der Waals surface area contributed by atoms with E-state index in [1.807, 2.05) is 0 Å². The maximum atomic E-state index is 14.1. The minimum Gasteiger partial charge on any atom is -0.546 e. The molecule has 8 nitrogen and oxygen atoms in total. The van der Waals surface area contributed by atoms with Crippen molar-refractivity contribution >= 4 is 29.2 Å². The average molecular weight is 467 g/mol. The van der Waals surface area contributed by atoms with Crippen LogP contribution < -0.4 is 19.9 Å². The fourth-order valence-corrected chi connectivity index (χ4v) is 2.32. The number of carboxylic acid groups (broad SMARTS) is 1. The quantitative estimate of drug-likeness (QED) is 0.401. The van der Waals surface area contributed by atoms with E-state index in [2.05, 4.69) is 0 Å². The van der Waals surface area contributed by atoms with E-state index in [-0.39, 0.29) is 22.3 Å². The Morgan fingerprint density at radius 3 is 2.29 bits per heavy atom. The summed E-state index contributed by atoms with van der Waals surface area (Å²) >= 11 is 5.88. The Morgan fingerprint density at radius 1 is 1.10 bits per heavy atom. The number of hydrogen-bond donors (Lipinski definition) is 3. The van der Waals surface area contributed by atoms with Crippen LogP contribution in [0.5, 0.6) is 17.2 Å². The number of halogens is 5. The number of rotatable bonds is 8. The van der Waals surface area contributed by atoms with E-state index in [1.165, 1.54) is 24.3 Å². The van der Waals surface area contributed by atoms with Gasteiger partial charge in [-0.3, -0.25) is 4.79 Å². The van der Waals surface area contributed by atoms with Gasteiger partial charge in [-0.25, -0.2) is 4.39 Å². The molecule has 0 fully saturated rings. The van der Waals surface area contributed by atoms with Gasteiger partial charge in [0.2, 0.25) is 5.91 Å². The topological polar surface area (TPSA) is 128 Å². The number of ether oxygens (including phenoxy) is 2. The summed E-state index contributed by atoms with van der Waals surface area (Å²) in [5.74, 6) is -8.94. The van der Waals surface area contributed by atoms with Gasteiger partial charge in [-0.2, -0.15) is 13.2 Å². The van der Waals surface area contributed by atoms with Crippen molar-refractivity contribution in [3.63, 3.8) is 0 Å². The highest BCUT2D eigenvalue weighted by Gasteiger charge is 2.54. The fourth-order valence-electron chi connectivity index (χ4n) is 2.13. The molecule has 2 aromatic rings. The highest BCUT2D eigenvalue weighted by molar-refractivity contribution is 6.32. The molecule has 0 atom stereocenters. The molecule has 0 heterocycles. The van der Waals surface area contributed by atoms with Crippen LogP contribution in [-0.2, 0) is 9.59 Å². The number of hydrogen-bond acceptors (Lipinski definition) is 7. The zero-order valence-corrected chi connectivity index (χ0v) is 16.0. The number of aliphatic hydroxyl groups is 2. The van der Waals surface area contributed by atoms with Crippen molar-refractivity contribution in [2.45, 2.75) is 18.4 Å². The standard InChI is InChI=1S/C18H14ClF4NO7/c19-9-5-10(20)11(24-15(25)7-17(28,29)18(21,22)23)6-14(9)31-13-4-2-1-3-12(13)30-8-16(26)27/h1-6,28-29H,7-8H2,(H,24,25)(H,26,27)/p-1. The van der Waals surface area contributed by atoms with Crippen LogP contribution in [0.15, 0.2) is 36.4 Å². The molecule has 0 radical (unpaired) electrons. The second-order valence-corrected chi connectivity index (χ2v) is 6.42. The Labute approximate surface area is 176 Å². The third kappa shape index (κ3) is 6.44. The normalized spacial score (nSPS) is 11.7. The Balaban J connectivity index is 2.24. The lowest BCUT2D eigenvalue weighted by molar-refractivity contribution is -0.347. The Kier molecular flexibility index (Phi) is 7.31. The predicted molar refractivity (Wildman–Crippen MR) is 94.9 cm³/mol. The summed E-state index contributed by atoms with van der Waals surface area (Å²) in [6.07, 6.45) is -7.35. The lowest BCUT2D eigenvalue weighted by Crippen LogP contribution is -2.47. The zero-order chi connectivity index (χ0) is 23.4. The van der Waals surface area contributed by atoms with Crippen molar-refractivity contribution in [1.29, 1.82) is 0 Å². The van der Waals surface area contributed by atoms with E-state index < -0.39 is 48.4 Å². The number of anilines is 1. The third-order valence-electron chi connectivity index (χ3n) is 3.57. The van der Waals surface area contributed by atoms with Crippen molar-refractivity contribution in [2.75, 3.05) is 11.9 Å². The molecule has 0 saturated carbocycles. The number of alkyl halides is 3. The molecule has 1 amide bonds. The Bertz CT molecular complexity index is 982. The van der Waals surface area contributed by atoms with E-state index in [1.54, 1.807) is 5.32 Å². The molecule has 2 rings (SSSR count). The van der Waals surface area contributed by atoms with Crippen molar-refractivity contribution in [1.82, 2.24) is 0 Å². The molecule has 0 aliphatic carbocycles. The average Bonchev–Trinajstić information content (AvgIpc) is 2.63. The molecule has 0 aliphatic heterocycles. The van der Waals surface area contributed by atoms with Crippen molar-refractivity contribution < 1.29 is 51.9 Å². The first kappa shape index (κ1) is 24.2. The SMILES string of the molecule is O=C([O-])COc1ccccc1Oc1cc(NC(=O)CC(O)(O)C(F)(F)F)c(F)cc1Cl. The van der Waals surface area contributed by atoms with Crippen LogP contribution in [-0.4, -0.2) is 40.7 Å². The van der Waals surface area contributed by atoms with E-state index >= 15 is 0 Å². The smallest absolute Gasteiger partial charge is 0.443 e. The molecular formula is C18H13ClF4NO7-. The maximum Gasteiger partial charge on any atom is 0.443 e. The van der Waals surface area contributed by atoms with E-state index in [9.17, 15) is 32.3 Å². The predicted octanol–water partition coefficient (Wildman–Crippen LogP) is 1.97. The van der Waals surface area contributed by atoms with Gasteiger partial charge < -0.3 is 34.9 Å². The molecule has 13 heteroatoms. The molecule has 168 valence electrons. The van der Waals surface area contributed by atoms with Gasteiger partial charge in [0.15, 0.2) is 11.5 Å². The molecule has 0 unspecified atom stereocenters. The second kappa shape index (κ2) is 9.37. The molecule has 31 heavy (non-hydrogen) atoms. The number of carbonyl (C=O) groups excluding carboxylic acids is 2. The van der Waals surface area contributed by atoms with Crippen LogP contribution in [0, 0.1) is 5.82 Å². The second-order valence-electron chi connectivity index (χ2n) is 6.01. The van der Waals surface area contributed by atoms with Gasteiger partial charge in [-0.05, 0) is 18.2 Å². The minimum atomic E-state index is -5.52. The van der Waals surface area contributed by atoms with Gasteiger partial charge in [0.25, 0.3) is 5.79 Å². The van der Waals surface area contributed by atoms with Crippen LogP contribution >= 0.6 is 11.6 Å².